The van der Waals surface area contributed by atoms with Crippen molar-refractivity contribution in [3.05, 3.63) is 29.5 Å². The van der Waals surface area contributed by atoms with Gasteiger partial charge in [0.25, 0.3) is 0 Å². The lowest BCUT2D eigenvalue weighted by atomic mass is 10.0. The zero-order chi connectivity index (χ0) is 21.0. The van der Waals surface area contributed by atoms with Gasteiger partial charge >= 0.3 is 0 Å². The van der Waals surface area contributed by atoms with E-state index >= 15 is 0 Å². The molecule has 154 valence electrons. The van der Waals surface area contributed by atoms with Crippen molar-refractivity contribution in [3.8, 4) is 17.0 Å². The second-order valence-corrected chi connectivity index (χ2v) is 7.69. The Morgan fingerprint density at radius 2 is 2.00 bits per heavy atom. The predicted octanol–water partition coefficient (Wildman–Crippen LogP) is 2.77. The Hall–Kier alpha value is -3.69. The summed E-state index contributed by atoms with van der Waals surface area (Å²) in [7, 11) is 1.76. The molecule has 0 amide bonds. The fourth-order valence-electron chi connectivity index (χ4n) is 3.74. The van der Waals surface area contributed by atoms with Gasteiger partial charge < -0.3 is 15.8 Å². The van der Waals surface area contributed by atoms with Crippen molar-refractivity contribution in [1.82, 2.24) is 34.7 Å². The Kier molecular flexibility index (Phi) is 4.09. The molecule has 10 heteroatoms. The quantitative estimate of drug-likeness (QED) is 0.531. The standard InChI is InChI=1S/C20H23N9O/c1-10(2)29-19-15(16(26-29)13-5-6-14-12(9-13)7-8-30-14)17(21)22-20(24-19)23-18-11(3)25-28(4)27-18/h5-6,9-10H,7-8H2,1-4H3,(H3,21,22,23,24,27). The number of nitrogen functional groups attached to an aromatic ring is 1. The van der Waals surface area contributed by atoms with Crippen LogP contribution in [0.5, 0.6) is 5.75 Å². The van der Waals surface area contributed by atoms with Crippen molar-refractivity contribution < 1.29 is 4.74 Å². The van der Waals surface area contributed by atoms with Gasteiger partial charge in [0.05, 0.1) is 12.0 Å². The number of aryl methyl sites for hydroxylation is 2. The molecule has 0 aliphatic carbocycles. The predicted molar refractivity (Wildman–Crippen MR) is 114 cm³/mol. The molecule has 0 fully saturated rings. The van der Waals surface area contributed by atoms with Crippen LogP contribution in [0.25, 0.3) is 22.3 Å². The number of fused-ring (bicyclic) bond motifs is 2. The number of ether oxygens (including phenoxy) is 1. The van der Waals surface area contributed by atoms with Crippen LogP contribution < -0.4 is 15.8 Å². The monoisotopic (exact) mass is 405 g/mol. The van der Waals surface area contributed by atoms with Crippen LogP contribution >= 0.6 is 0 Å². The molecule has 0 bridgehead atoms. The minimum absolute atomic E-state index is 0.0967. The van der Waals surface area contributed by atoms with Crippen LogP contribution in [0.15, 0.2) is 18.2 Å². The summed E-state index contributed by atoms with van der Waals surface area (Å²) in [5.74, 6) is 2.24. The van der Waals surface area contributed by atoms with E-state index in [0.29, 0.717) is 29.8 Å². The molecular weight excluding hydrogens is 382 g/mol. The third-order valence-electron chi connectivity index (χ3n) is 5.14. The van der Waals surface area contributed by atoms with E-state index < -0.39 is 0 Å². The second kappa shape index (κ2) is 6.68. The van der Waals surface area contributed by atoms with Gasteiger partial charge in [0.15, 0.2) is 11.5 Å². The highest BCUT2D eigenvalue weighted by Gasteiger charge is 2.22. The van der Waals surface area contributed by atoms with E-state index in [4.69, 9.17) is 20.6 Å². The molecule has 1 aliphatic heterocycles. The lowest BCUT2D eigenvalue weighted by molar-refractivity contribution is 0.357. The summed E-state index contributed by atoms with van der Waals surface area (Å²) in [5.41, 5.74) is 10.8. The molecule has 10 nitrogen and oxygen atoms in total. The Labute approximate surface area is 173 Å². The summed E-state index contributed by atoms with van der Waals surface area (Å²) in [5, 5.41) is 17.2. The molecule has 0 unspecified atom stereocenters. The number of nitrogens with zero attached hydrogens (tertiary/aromatic N) is 7. The molecular formula is C20H23N9O. The highest BCUT2D eigenvalue weighted by Crippen LogP contribution is 2.36. The Balaban J connectivity index is 1.65. The van der Waals surface area contributed by atoms with E-state index in [-0.39, 0.29) is 6.04 Å². The third kappa shape index (κ3) is 2.92. The number of nitrogens with one attached hydrogen (secondary N) is 1. The van der Waals surface area contributed by atoms with Crippen LogP contribution in [-0.2, 0) is 13.5 Å². The number of anilines is 3. The van der Waals surface area contributed by atoms with Crippen LogP contribution in [0.3, 0.4) is 0 Å². The van der Waals surface area contributed by atoms with Crippen molar-refractivity contribution >= 4 is 28.6 Å². The maximum atomic E-state index is 6.41. The average Bonchev–Trinajstić information content (AvgIpc) is 3.38. The lowest BCUT2D eigenvalue weighted by Gasteiger charge is -2.08. The Morgan fingerprint density at radius 1 is 1.17 bits per heavy atom. The van der Waals surface area contributed by atoms with E-state index in [1.165, 1.54) is 10.4 Å². The molecule has 0 saturated heterocycles. The molecule has 3 aromatic heterocycles. The number of rotatable bonds is 4. The summed E-state index contributed by atoms with van der Waals surface area (Å²) in [6.07, 6.45) is 0.892. The summed E-state index contributed by atoms with van der Waals surface area (Å²) in [4.78, 5) is 10.7. The molecule has 0 spiro atoms. The zero-order valence-corrected chi connectivity index (χ0v) is 17.3. The van der Waals surface area contributed by atoms with Crippen LogP contribution in [-0.4, -0.2) is 41.3 Å². The molecule has 0 saturated carbocycles. The lowest BCUT2D eigenvalue weighted by Crippen LogP contribution is -2.07. The first kappa shape index (κ1) is 18.3. The smallest absolute Gasteiger partial charge is 0.232 e. The Bertz CT molecular complexity index is 1270. The van der Waals surface area contributed by atoms with Crippen molar-refractivity contribution in [1.29, 1.82) is 0 Å². The van der Waals surface area contributed by atoms with Crippen molar-refractivity contribution in [2.45, 2.75) is 33.2 Å². The fraction of sp³-hybridized carbons (Fsp3) is 0.350. The molecule has 5 rings (SSSR count). The minimum atomic E-state index is 0.0967. The molecule has 1 aliphatic rings. The van der Waals surface area contributed by atoms with E-state index in [2.05, 4.69) is 40.4 Å². The first-order valence-corrected chi connectivity index (χ1v) is 9.87. The summed E-state index contributed by atoms with van der Waals surface area (Å²) >= 11 is 0. The van der Waals surface area contributed by atoms with Gasteiger partial charge in [-0.2, -0.15) is 25.0 Å². The van der Waals surface area contributed by atoms with Gasteiger partial charge in [-0.1, -0.05) is 0 Å². The van der Waals surface area contributed by atoms with Crippen molar-refractivity contribution in [2.24, 2.45) is 7.05 Å². The second-order valence-electron chi connectivity index (χ2n) is 7.69. The largest absolute Gasteiger partial charge is 0.493 e. The van der Waals surface area contributed by atoms with E-state index in [1.807, 2.05) is 23.7 Å². The highest BCUT2D eigenvalue weighted by molar-refractivity contribution is 5.99. The first-order chi connectivity index (χ1) is 14.4. The molecule has 3 N–H and O–H groups in total. The number of hydrogen-bond acceptors (Lipinski definition) is 8. The van der Waals surface area contributed by atoms with Crippen molar-refractivity contribution in [2.75, 3.05) is 17.7 Å². The van der Waals surface area contributed by atoms with Gasteiger partial charge in [0, 0.05) is 25.1 Å². The molecule has 1 aromatic carbocycles. The van der Waals surface area contributed by atoms with Gasteiger partial charge in [-0.3, -0.25) is 0 Å². The molecule has 0 atom stereocenters. The number of hydrogen-bond donors (Lipinski definition) is 2. The number of benzene rings is 1. The third-order valence-corrected chi connectivity index (χ3v) is 5.14. The molecule has 4 heterocycles. The van der Waals surface area contributed by atoms with Gasteiger partial charge in [-0.05, 0) is 44.5 Å². The maximum absolute atomic E-state index is 6.41. The number of nitrogens with two attached hydrogens (primary N) is 1. The topological polar surface area (TPSA) is 122 Å². The average molecular weight is 405 g/mol. The van der Waals surface area contributed by atoms with Gasteiger partial charge in [-0.15, -0.1) is 5.10 Å². The summed E-state index contributed by atoms with van der Waals surface area (Å²) < 4.78 is 7.51. The molecule has 30 heavy (non-hydrogen) atoms. The first-order valence-electron chi connectivity index (χ1n) is 9.87. The van der Waals surface area contributed by atoms with E-state index in [9.17, 15) is 0 Å². The van der Waals surface area contributed by atoms with Gasteiger partial charge in [0.1, 0.15) is 23.0 Å². The van der Waals surface area contributed by atoms with Crippen LogP contribution in [0, 0.1) is 6.92 Å². The Morgan fingerprint density at radius 3 is 2.73 bits per heavy atom. The minimum Gasteiger partial charge on any atom is -0.493 e. The SMILES string of the molecule is Cc1nn(C)nc1Nc1nc(N)c2c(-c3ccc4c(c3)CCO4)nn(C(C)C)c2n1. The molecule has 4 aromatic rings. The summed E-state index contributed by atoms with van der Waals surface area (Å²) in [6.45, 7) is 6.70. The van der Waals surface area contributed by atoms with Gasteiger partial charge in [-0.25, -0.2) is 4.68 Å². The van der Waals surface area contributed by atoms with Gasteiger partial charge in [0.2, 0.25) is 5.95 Å². The summed E-state index contributed by atoms with van der Waals surface area (Å²) in [6, 6.07) is 6.20. The fourth-order valence-corrected chi connectivity index (χ4v) is 3.74. The maximum Gasteiger partial charge on any atom is 0.232 e. The molecule has 0 radical (unpaired) electrons. The van der Waals surface area contributed by atoms with Crippen LogP contribution in [0.2, 0.25) is 0 Å². The number of aromatic nitrogens is 7. The van der Waals surface area contributed by atoms with E-state index in [1.54, 1.807) is 7.05 Å². The van der Waals surface area contributed by atoms with Crippen LogP contribution in [0.4, 0.5) is 17.6 Å². The van der Waals surface area contributed by atoms with Crippen LogP contribution in [0.1, 0.15) is 31.1 Å². The normalized spacial score (nSPS) is 13.1. The van der Waals surface area contributed by atoms with E-state index in [0.717, 1.165) is 34.5 Å². The van der Waals surface area contributed by atoms with Crippen molar-refractivity contribution in [3.63, 3.8) is 0 Å². The highest BCUT2D eigenvalue weighted by atomic mass is 16.5. The zero-order valence-electron chi connectivity index (χ0n) is 17.3.